The van der Waals surface area contributed by atoms with Crippen LogP contribution in [0.4, 0.5) is 0 Å². The fourth-order valence-corrected chi connectivity index (χ4v) is 5.46. The Labute approximate surface area is 166 Å². The van der Waals surface area contributed by atoms with Gasteiger partial charge in [-0.05, 0) is 67.4 Å². The first-order valence-electron chi connectivity index (χ1n) is 9.26. The molecule has 3 aliphatic rings. The summed E-state index contributed by atoms with van der Waals surface area (Å²) in [5, 5.41) is 4.69. The number of nitrogens with zero attached hydrogens (tertiary/aromatic N) is 1. The Hall–Kier alpha value is -1.07. The van der Waals surface area contributed by atoms with E-state index in [0.717, 1.165) is 41.3 Å². The molecule has 0 saturated carbocycles. The lowest BCUT2D eigenvalue weighted by atomic mass is 9.82. The molecule has 1 N–H and O–H groups in total. The summed E-state index contributed by atoms with van der Waals surface area (Å²) in [5.41, 5.74) is 2.93. The average molecular weight is 397 g/mol. The molecule has 4 nitrogen and oxygen atoms in total. The number of halogens is 2. The molecule has 0 spiro atoms. The van der Waals surface area contributed by atoms with Gasteiger partial charge in [0.2, 0.25) is 0 Å². The topological polar surface area (TPSA) is 45.5 Å². The molecule has 4 heterocycles. The van der Waals surface area contributed by atoms with Crippen LogP contribution in [0.25, 0.3) is 11.0 Å². The fourth-order valence-electron chi connectivity index (χ4n) is 5.46. The Kier molecular flexibility index (Phi) is 5.69. The second kappa shape index (κ2) is 7.51. The number of aryl methyl sites for hydroxylation is 1. The van der Waals surface area contributed by atoms with Crippen molar-refractivity contribution in [2.24, 2.45) is 11.8 Å². The third-order valence-corrected chi connectivity index (χ3v) is 6.56. The van der Waals surface area contributed by atoms with Crippen molar-refractivity contribution < 1.29 is 4.42 Å². The highest BCUT2D eigenvalue weighted by Crippen LogP contribution is 2.48. The normalized spacial score (nSPS) is 29.4. The first-order valence-corrected chi connectivity index (χ1v) is 9.26. The highest BCUT2D eigenvalue weighted by Gasteiger charge is 2.54. The van der Waals surface area contributed by atoms with E-state index in [1.54, 1.807) is 6.07 Å². The Balaban J connectivity index is 0.000000980. The van der Waals surface area contributed by atoms with Crippen LogP contribution >= 0.6 is 24.8 Å². The van der Waals surface area contributed by atoms with Crippen LogP contribution in [-0.4, -0.2) is 30.1 Å². The Morgan fingerprint density at radius 3 is 2.46 bits per heavy atom. The number of nitrogens with one attached hydrogen (secondary N) is 1. The lowest BCUT2D eigenvalue weighted by molar-refractivity contribution is 0.219. The summed E-state index contributed by atoms with van der Waals surface area (Å²) in [6.07, 6.45) is 3.62. The van der Waals surface area contributed by atoms with Gasteiger partial charge in [-0.2, -0.15) is 0 Å². The van der Waals surface area contributed by atoms with Gasteiger partial charge in [0.25, 0.3) is 0 Å². The van der Waals surface area contributed by atoms with Gasteiger partial charge in [-0.25, -0.2) is 4.79 Å². The zero-order valence-electron chi connectivity index (χ0n) is 14.9. The van der Waals surface area contributed by atoms with Crippen molar-refractivity contribution in [3.05, 3.63) is 45.8 Å². The Bertz CT molecular complexity index is 835. The highest BCUT2D eigenvalue weighted by molar-refractivity contribution is 5.85. The van der Waals surface area contributed by atoms with Crippen molar-refractivity contribution in [1.82, 2.24) is 10.2 Å². The molecule has 6 heteroatoms. The maximum atomic E-state index is 12.0. The maximum Gasteiger partial charge on any atom is 0.336 e. The van der Waals surface area contributed by atoms with Gasteiger partial charge in [0.15, 0.2) is 0 Å². The minimum Gasteiger partial charge on any atom is -0.423 e. The molecular formula is C20H26Cl2N2O2. The lowest BCUT2D eigenvalue weighted by Crippen LogP contribution is -2.34. The van der Waals surface area contributed by atoms with E-state index in [9.17, 15) is 4.79 Å². The van der Waals surface area contributed by atoms with E-state index in [1.165, 1.54) is 31.5 Å². The van der Waals surface area contributed by atoms with Gasteiger partial charge in [-0.3, -0.25) is 4.90 Å². The van der Waals surface area contributed by atoms with E-state index in [1.807, 2.05) is 6.07 Å². The van der Waals surface area contributed by atoms with Crippen LogP contribution < -0.4 is 10.9 Å². The summed E-state index contributed by atoms with van der Waals surface area (Å²) in [7, 11) is 0. The molecule has 2 bridgehead atoms. The van der Waals surface area contributed by atoms with E-state index < -0.39 is 0 Å². The second-order valence-electron chi connectivity index (χ2n) is 7.65. The van der Waals surface area contributed by atoms with Crippen LogP contribution in [-0.2, 0) is 13.0 Å². The van der Waals surface area contributed by atoms with Crippen LogP contribution in [0.3, 0.4) is 0 Å². The van der Waals surface area contributed by atoms with Gasteiger partial charge in [-0.1, -0.05) is 13.0 Å². The summed E-state index contributed by atoms with van der Waals surface area (Å²) in [6, 6.07) is 9.31. The molecule has 2 aromatic rings. The van der Waals surface area contributed by atoms with Crippen LogP contribution in [0.15, 0.2) is 33.5 Å². The van der Waals surface area contributed by atoms with E-state index in [4.69, 9.17) is 4.42 Å². The van der Waals surface area contributed by atoms with Gasteiger partial charge in [0, 0.05) is 30.1 Å². The van der Waals surface area contributed by atoms with Gasteiger partial charge in [-0.15, -0.1) is 24.8 Å². The molecule has 3 aliphatic heterocycles. The van der Waals surface area contributed by atoms with Gasteiger partial charge in [0.1, 0.15) is 5.58 Å². The fraction of sp³-hybridized carbons (Fsp3) is 0.550. The summed E-state index contributed by atoms with van der Waals surface area (Å²) >= 11 is 0. The van der Waals surface area contributed by atoms with Crippen molar-refractivity contribution in [3.8, 4) is 0 Å². The SMILES string of the molecule is CCc1ccc2oc(=O)cc(CN3[C@@H]4CC[C@H]3[C@H]3CNC[C@H]34)c2c1.Cl.Cl. The number of hydrogen-bond donors (Lipinski definition) is 1. The lowest BCUT2D eigenvalue weighted by Gasteiger charge is -2.24. The van der Waals surface area contributed by atoms with E-state index >= 15 is 0 Å². The monoisotopic (exact) mass is 396 g/mol. The quantitative estimate of drug-likeness (QED) is 0.807. The van der Waals surface area contributed by atoms with Gasteiger partial charge in [0.05, 0.1) is 0 Å². The first-order chi connectivity index (χ1) is 11.7. The Morgan fingerprint density at radius 2 is 1.81 bits per heavy atom. The summed E-state index contributed by atoms with van der Waals surface area (Å²) in [6.45, 7) is 5.38. The molecule has 3 saturated heterocycles. The van der Waals surface area contributed by atoms with Crippen LogP contribution in [0.5, 0.6) is 0 Å². The molecule has 5 rings (SSSR count). The van der Waals surface area contributed by atoms with Crippen molar-refractivity contribution in [3.63, 3.8) is 0 Å². The first kappa shape index (κ1) is 19.7. The van der Waals surface area contributed by atoms with Gasteiger partial charge < -0.3 is 9.73 Å². The van der Waals surface area contributed by atoms with E-state index in [0.29, 0.717) is 12.1 Å². The number of rotatable bonds is 3. The molecule has 1 aromatic heterocycles. The molecule has 0 unspecified atom stereocenters. The molecular weight excluding hydrogens is 371 g/mol. The number of fused-ring (bicyclic) bond motifs is 6. The maximum absolute atomic E-state index is 12.0. The van der Waals surface area contributed by atoms with E-state index in [2.05, 4.69) is 29.3 Å². The largest absolute Gasteiger partial charge is 0.423 e. The predicted molar refractivity (Wildman–Crippen MR) is 109 cm³/mol. The smallest absolute Gasteiger partial charge is 0.336 e. The van der Waals surface area contributed by atoms with Crippen molar-refractivity contribution >= 4 is 35.8 Å². The zero-order valence-corrected chi connectivity index (χ0v) is 16.6. The van der Waals surface area contributed by atoms with Crippen LogP contribution in [0.1, 0.15) is 30.9 Å². The zero-order chi connectivity index (χ0) is 16.3. The second-order valence-corrected chi connectivity index (χ2v) is 7.65. The Morgan fingerprint density at radius 1 is 1.12 bits per heavy atom. The highest BCUT2D eigenvalue weighted by atomic mass is 35.5. The minimum absolute atomic E-state index is 0. The molecule has 0 amide bonds. The van der Waals surface area contributed by atoms with E-state index in [-0.39, 0.29) is 30.4 Å². The molecule has 142 valence electrons. The third-order valence-electron chi connectivity index (χ3n) is 6.56. The summed E-state index contributed by atoms with van der Waals surface area (Å²) in [4.78, 5) is 14.7. The molecule has 0 aliphatic carbocycles. The predicted octanol–water partition coefficient (Wildman–Crippen LogP) is 3.38. The summed E-state index contributed by atoms with van der Waals surface area (Å²) < 4.78 is 5.43. The third kappa shape index (κ3) is 2.97. The molecule has 3 fully saturated rings. The van der Waals surface area contributed by atoms with Crippen LogP contribution in [0.2, 0.25) is 0 Å². The molecule has 0 radical (unpaired) electrons. The van der Waals surface area contributed by atoms with Crippen molar-refractivity contribution in [2.75, 3.05) is 13.1 Å². The molecule has 4 atom stereocenters. The standard InChI is InChI=1S/C20H24N2O2.2ClH/c1-2-12-3-6-19-14(7-12)13(8-20(23)24-19)11-22-17-4-5-18(22)16-10-21-9-15(16)17;;/h3,6-8,15-18,21H,2,4-5,9-11H2,1H3;2*1H/t15-,16+,17-,18+;;. The molecule has 1 aromatic carbocycles. The number of benzene rings is 1. The number of hydrogen-bond acceptors (Lipinski definition) is 4. The minimum atomic E-state index is -0.227. The van der Waals surface area contributed by atoms with Crippen molar-refractivity contribution in [1.29, 1.82) is 0 Å². The van der Waals surface area contributed by atoms with Crippen molar-refractivity contribution in [2.45, 2.75) is 44.8 Å². The van der Waals surface area contributed by atoms with Crippen LogP contribution in [0, 0.1) is 11.8 Å². The average Bonchev–Trinajstić information content (AvgIpc) is 3.27. The van der Waals surface area contributed by atoms with Gasteiger partial charge >= 0.3 is 5.63 Å². The molecule has 26 heavy (non-hydrogen) atoms. The summed E-state index contributed by atoms with van der Waals surface area (Å²) in [5.74, 6) is 1.61.